The van der Waals surface area contributed by atoms with E-state index in [9.17, 15) is 0 Å². The Morgan fingerprint density at radius 3 is 3.00 bits per heavy atom. The van der Waals surface area contributed by atoms with Crippen LogP contribution in [0.3, 0.4) is 0 Å². The molecule has 0 saturated carbocycles. The fourth-order valence-corrected chi connectivity index (χ4v) is 1.74. The van der Waals surface area contributed by atoms with Crippen molar-refractivity contribution in [2.75, 3.05) is 0 Å². The normalized spacial score (nSPS) is 11.9. The lowest BCUT2D eigenvalue weighted by molar-refractivity contribution is 1.20. The van der Waals surface area contributed by atoms with Crippen molar-refractivity contribution < 1.29 is 0 Å². The second kappa shape index (κ2) is 4.18. The Labute approximate surface area is 90.1 Å². The van der Waals surface area contributed by atoms with Gasteiger partial charge in [-0.2, -0.15) is 0 Å². The maximum absolute atomic E-state index is 3.81. The van der Waals surface area contributed by atoms with Crippen LogP contribution in [-0.4, -0.2) is 4.98 Å². The molecule has 1 heteroatoms. The Morgan fingerprint density at radius 2 is 2.27 bits per heavy atom. The maximum atomic E-state index is 3.81. The Morgan fingerprint density at radius 1 is 1.40 bits per heavy atom. The third-order valence-corrected chi connectivity index (χ3v) is 2.66. The predicted molar refractivity (Wildman–Crippen MR) is 66.0 cm³/mol. The van der Waals surface area contributed by atoms with Gasteiger partial charge in [0.2, 0.25) is 0 Å². The number of allylic oxidation sites excluding steroid dienone is 3. The van der Waals surface area contributed by atoms with Gasteiger partial charge in [-0.3, -0.25) is 0 Å². The van der Waals surface area contributed by atoms with Crippen molar-refractivity contribution in [2.24, 2.45) is 0 Å². The van der Waals surface area contributed by atoms with Gasteiger partial charge in [0.25, 0.3) is 0 Å². The van der Waals surface area contributed by atoms with Gasteiger partial charge in [-0.15, -0.1) is 0 Å². The number of nitrogens with one attached hydrogen (secondary N) is 1. The molecule has 0 fully saturated rings. The van der Waals surface area contributed by atoms with Gasteiger partial charge in [0.05, 0.1) is 0 Å². The number of H-pyrrole nitrogens is 1. The number of aromatic nitrogens is 1. The van der Waals surface area contributed by atoms with E-state index < -0.39 is 0 Å². The maximum Gasteiger partial charge on any atom is 0.0454 e. The Kier molecular flexibility index (Phi) is 2.72. The highest BCUT2D eigenvalue weighted by molar-refractivity contribution is 5.80. The third-order valence-electron chi connectivity index (χ3n) is 2.66. The van der Waals surface area contributed by atoms with E-state index in [0.717, 1.165) is 6.42 Å². The second-order valence-corrected chi connectivity index (χ2v) is 3.64. The van der Waals surface area contributed by atoms with Crippen LogP contribution in [0.1, 0.15) is 12.5 Å². The first-order valence-corrected chi connectivity index (χ1v) is 5.17. The predicted octanol–water partition coefficient (Wildman–Crippen LogP) is 3.84. The molecule has 0 aliphatic heterocycles. The first-order valence-electron chi connectivity index (χ1n) is 5.17. The largest absolute Gasteiger partial charge is 0.361 e. The fraction of sp³-hybridized carbons (Fsp3) is 0.143. The lowest BCUT2D eigenvalue weighted by atomic mass is 10.0. The average molecular weight is 197 g/mol. The molecule has 0 amide bonds. The zero-order valence-corrected chi connectivity index (χ0v) is 8.96. The number of hydrogen-bond donors (Lipinski definition) is 1. The molecule has 0 unspecified atom stereocenters. The molecule has 76 valence electrons. The number of rotatable bonds is 3. The average Bonchev–Trinajstić information content (AvgIpc) is 2.73. The summed E-state index contributed by atoms with van der Waals surface area (Å²) in [6.45, 7) is 5.85. The van der Waals surface area contributed by atoms with E-state index in [1.54, 1.807) is 0 Å². The molecule has 1 nitrogen and oxygen atoms in total. The van der Waals surface area contributed by atoms with Crippen LogP contribution < -0.4 is 0 Å². The summed E-state index contributed by atoms with van der Waals surface area (Å²) < 4.78 is 0. The minimum absolute atomic E-state index is 0.959. The lowest BCUT2D eigenvalue weighted by Crippen LogP contribution is -1.86. The molecule has 2 rings (SSSR count). The molecule has 0 saturated heterocycles. The molecule has 0 radical (unpaired) electrons. The molecule has 15 heavy (non-hydrogen) atoms. The van der Waals surface area contributed by atoms with E-state index >= 15 is 0 Å². The number of fused-ring (bicyclic) bond motifs is 1. The summed E-state index contributed by atoms with van der Waals surface area (Å²) in [6, 6.07) is 8.60. The standard InChI is InChI=1S/C14H15N/c1-3-11(4-2)9-12-5-6-14-13(10-12)7-8-15-14/h3-8,10,15H,1,9H2,2H3. The molecular weight excluding hydrogens is 182 g/mol. The summed E-state index contributed by atoms with van der Waals surface area (Å²) in [5, 5.41) is 1.27. The molecular formula is C14H15N. The molecule has 0 aliphatic carbocycles. The van der Waals surface area contributed by atoms with Crippen LogP contribution >= 0.6 is 0 Å². The van der Waals surface area contributed by atoms with Crippen LogP contribution in [0.25, 0.3) is 10.9 Å². The molecule has 1 aromatic heterocycles. The zero-order chi connectivity index (χ0) is 10.7. The Balaban J connectivity index is 2.32. The van der Waals surface area contributed by atoms with Crippen LogP contribution in [0.5, 0.6) is 0 Å². The van der Waals surface area contributed by atoms with Crippen LogP contribution in [0.4, 0.5) is 0 Å². The molecule has 0 aliphatic rings. The number of aromatic amines is 1. The van der Waals surface area contributed by atoms with Crippen molar-refractivity contribution in [1.82, 2.24) is 4.98 Å². The van der Waals surface area contributed by atoms with E-state index in [2.05, 4.69) is 41.9 Å². The van der Waals surface area contributed by atoms with Crippen LogP contribution in [-0.2, 0) is 6.42 Å². The van der Waals surface area contributed by atoms with E-state index in [1.807, 2.05) is 19.2 Å². The van der Waals surface area contributed by atoms with Gasteiger partial charge < -0.3 is 4.98 Å². The number of benzene rings is 1. The molecule has 2 aromatic rings. The highest BCUT2D eigenvalue weighted by Gasteiger charge is 1.98. The highest BCUT2D eigenvalue weighted by atomic mass is 14.7. The zero-order valence-electron chi connectivity index (χ0n) is 8.96. The van der Waals surface area contributed by atoms with Gasteiger partial charge in [0, 0.05) is 11.7 Å². The van der Waals surface area contributed by atoms with Gasteiger partial charge in [0.1, 0.15) is 0 Å². The van der Waals surface area contributed by atoms with Gasteiger partial charge >= 0.3 is 0 Å². The first-order chi connectivity index (χ1) is 7.33. The van der Waals surface area contributed by atoms with Crippen LogP contribution in [0.2, 0.25) is 0 Å². The van der Waals surface area contributed by atoms with Gasteiger partial charge in [-0.1, -0.05) is 24.8 Å². The van der Waals surface area contributed by atoms with E-state index in [-0.39, 0.29) is 0 Å². The molecule has 0 spiro atoms. The van der Waals surface area contributed by atoms with Crippen LogP contribution in [0, 0.1) is 0 Å². The van der Waals surface area contributed by atoms with Gasteiger partial charge in [0.15, 0.2) is 0 Å². The molecule has 1 aromatic carbocycles. The summed E-state index contributed by atoms with van der Waals surface area (Å²) in [7, 11) is 0. The Bertz CT molecular complexity index is 503. The van der Waals surface area contributed by atoms with Crippen molar-refractivity contribution in [2.45, 2.75) is 13.3 Å². The molecule has 0 atom stereocenters. The lowest BCUT2D eigenvalue weighted by Gasteiger charge is -2.02. The summed E-state index contributed by atoms with van der Waals surface area (Å²) >= 11 is 0. The Hall–Kier alpha value is -1.76. The summed E-state index contributed by atoms with van der Waals surface area (Å²) in [6.07, 6.45) is 6.95. The minimum Gasteiger partial charge on any atom is -0.361 e. The number of hydrogen-bond acceptors (Lipinski definition) is 0. The summed E-state index contributed by atoms with van der Waals surface area (Å²) in [5.74, 6) is 0. The van der Waals surface area contributed by atoms with E-state index in [0.29, 0.717) is 0 Å². The monoisotopic (exact) mass is 197 g/mol. The van der Waals surface area contributed by atoms with Crippen molar-refractivity contribution >= 4 is 10.9 Å². The first kappa shape index (κ1) is 9.78. The van der Waals surface area contributed by atoms with E-state index in [4.69, 9.17) is 0 Å². The molecule has 0 bridgehead atoms. The smallest absolute Gasteiger partial charge is 0.0454 e. The summed E-state index contributed by atoms with van der Waals surface area (Å²) in [5.41, 5.74) is 3.79. The van der Waals surface area contributed by atoms with Crippen molar-refractivity contribution in [3.63, 3.8) is 0 Å². The SMILES string of the molecule is C=CC(=CC)Cc1ccc2[nH]ccc2c1. The molecule has 1 heterocycles. The van der Waals surface area contributed by atoms with Gasteiger partial charge in [-0.25, -0.2) is 0 Å². The topological polar surface area (TPSA) is 15.8 Å². The van der Waals surface area contributed by atoms with Crippen LogP contribution in [0.15, 0.2) is 54.8 Å². The minimum atomic E-state index is 0.959. The van der Waals surface area contributed by atoms with Crippen molar-refractivity contribution in [3.8, 4) is 0 Å². The van der Waals surface area contributed by atoms with Crippen molar-refractivity contribution in [1.29, 1.82) is 0 Å². The quantitative estimate of drug-likeness (QED) is 0.719. The summed E-state index contributed by atoms with van der Waals surface area (Å²) in [4.78, 5) is 3.19. The van der Waals surface area contributed by atoms with E-state index in [1.165, 1.54) is 22.0 Å². The van der Waals surface area contributed by atoms with Crippen molar-refractivity contribution in [3.05, 3.63) is 60.3 Å². The van der Waals surface area contributed by atoms with Gasteiger partial charge in [-0.05, 0) is 48.1 Å². The third kappa shape index (κ3) is 2.01. The molecule has 1 N–H and O–H groups in total. The highest BCUT2D eigenvalue weighted by Crippen LogP contribution is 2.17. The second-order valence-electron chi connectivity index (χ2n) is 3.64. The fourth-order valence-electron chi connectivity index (χ4n) is 1.74.